The van der Waals surface area contributed by atoms with Crippen molar-refractivity contribution >= 4 is 11.8 Å². The van der Waals surface area contributed by atoms with Crippen molar-refractivity contribution in [3.8, 4) is 6.07 Å². The number of Topliss-reactive ketones (excluding diaryl/α,β-unsaturated/α-hetero) is 1. The number of hydrogen-bond donors (Lipinski definition) is 1. The van der Waals surface area contributed by atoms with E-state index in [0.717, 1.165) is 0 Å². The Bertz CT molecular complexity index is 623. The van der Waals surface area contributed by atoms with Crippen LogP contribution in [0, 0.1) is 22.7 Å². The zero-order valence-electron chi connectivity index (χ0n) is 13.1. The highest BCUT2D eigenvalue weighted by molar-refractivity contribution is 5.99. The normalized spacial score (nSPS) is 23.5. The monoisotopic (exact) mass is 304 g/mol. The Morgan fingerprint density at radius 3 is 2.77 bits per heavy atom. The highest BCUT2D eigenvalue weighted by atomic mass is 16.5. The molecule has 0 saturated carbocycles. The van der Waals surface area contributed by atoms with E-state index in [1.165, 1.54) is 0 Å². The van der Waals surface area contributed by atoms with E-state index in [0.29, 0.717) is 24.2 Å². The van der Waals surface area contributed by atoms with Crippen molar-refractivity contribution in [2.75, 3.05) is 6.61 Å². The molecule has 0 radical (unpaired) electrons. The molecule has 0 aromatic heterocycles. The topological polar surface area (TPSA) is 102 Å². The minimum absolute atomic E-state index is 0.0268. The summed E-state index contributed by atoms with van der Waals surface area (Å²) in [7, 11) is 0. The number of nitrogens with two attached hydrogens (primary N) is 1. The van der Waals surface area contributed by atoms with Crippen LogP contribution in [0.3, 0.4) is 0 Å². The van der Waals surface area contributed by atoms with Crippen LogP contribution in [0.4, 0.5) is 0 Å². The van der Waals surface area contributed by atoms with Crippen molar-refractivity contribution in [1.82, 2.24) is 0 Å². The van der Waals surface area contributed by atoms with Gasteiger partial charge in [0.05, 0.1) is 18.6 Å². The van der Waals surface area contributed by atoms with Crippen molar-refractivity contribution < 1.29 is 19.1 Å². The number of carbonyl (C=O) groups is 2. The van der Waals surface area contributed by atoms with Gasteiger partial charge < -0.3 is 15.2 Å². The molecule has 0 fully saturated rings. The van der Waals surface area contributed by atoms with E-state index >= 15 is 0 Å². The van der Waals surface area contributed by atoms with Crippen LogP contribution in [0.5, 0.6) is 0 Å². The summed E-state index contributed by atoms with van der Waals surface area (Å²) in [4.78, 5) is 24.3. The third-order valence-corrected chi connectivity index (χ3v) is 3.87. The largest absolute Gasteiger partial charge is 0.466 e. The first kappa shape index (κ1) is 16.1. The molecule has 6 heteroatoms. The van der Waals surface area contributed by atoms with Gasteiger partial charge in [-0.05, 0) is 12.3 Å². The van der Waals surface area contributed by atoms with Gasteiger partial charge in [-0.2, -0.15) is 5.26 Å². The fourth-order valence-electron chi connectivity index (χ4n) is 2.98. The number of carbonyl (C=O) groups excluding carboxylic acids is 2. The third-order valence-electron chi connectivity index (χ3n) is 3.87. The maximum Gasteiger partial charge on any atom is 0.306 e. The second kappa shape index (κ2) is 5.84. The van der Waals surface area contributed by atoms with Gasteiger partial charge in [-0.3, -0.25) is 9.59 Å². The first-order chi connectivity index (χ1) is 10.3. The summed E-state index contributed by atoms with van der Waals surface area (Å²) in [6.45, 7) is 5.89. The van der Waals surface area contributed by atoms with Gasteiger partial charge in [0.2, 0.25) is 5.88 Å². The van der Waals surface area contributed by atoms with Crippen molar-refractivity contribution in [3.05, 3.63) is 22.8 Å². The maximum atomic E-state index is 12.5. The van der Waals surface area contributed by atoms with Crippen LogP contribution in [0.15, 0.2) is 22.8 Å². The van der Waals surface area contributed by atoms with E-state index in [4.69, 9.17) is 15.2 Å². The number of ketones is 1. The molecular formula is C16H20N2O4. The molecule has 2 rings (SSSR count). The predicted molar refractivity (Wildman–Crippen MR) is 77.7 cm³/mol. The van der Waals surface area contributed by atoms with Crippen molar-refractivity contribution in [2.45, 2.75) is 40.0 Å². The average molecular weight is 304 g/mol. The molecule has 2 N–H and O–H groups in total. The molecule has 1 aliphatic heterocycles. The van der Waals surface area contributed by atoms with Crippen LogP contribution in [0.1, 0.15) is 40.0 Å². The second-order valence-electron chi connectivity index (χ2n) is 6.33. The molecule has 0 aromatic carbocycles. The van der Waals surface area contributed by atoms with Gasteiger partial charge in [0.25, 0.3) is 0 Å². The van der Waals surface area contributed by atoms with Crippen LogP contribution < -0.4 is 5.73 Å². The van der Waals surface area contributed by atoms with Gasteiger partial charge in [-0.1, -0.05) is 13.8 Å². The number of esters is 1. The molecule has 1 unspecified atom stereocenters. The lowest BCUT2D eigenvalue weighted by Crippen LogP contribution is -2.35. The molecule has 2 aliphatic rings. The second-order valence-corrected chi connectivity index (χ2v) is 6.33. The molecule has 0 saturated heterocycles. The Labute approximate surface area is 129 Å². The lowest BCUT2D eigenvalue weighted by molar-refractivity contribution is -0.143. The molecule has 118 valence electrons. The summed E-state index contributed by atoms with van der Waals surface area (Å²) in [5.41, 5.74) is 6.11. The number of rotatable bonds is 3. The quantitative estimate of drug-likeness (QED) is 0.799. The molecule has 1 aliphatic carbocycles. The number of nitrogens with zero attached hydrogens (tertiary/aromatic N) is 1. The highest BCUT2D eigenvalue weighted by Crippen LogP contribution is 2.45. The van der Waals surface area contributed by atoms with Crippen molar-refractivity contribution in [2.24, 2.45) is 17.1 Å². The molecule has 0 bridgehead atoms. The standard InChI is InChI=1S/C16H20N2O4/c1-4-21-13(20)5-9-10(8-17)15(18)22-12-7-16(2,3)6-11(19)14(9)12/h9H,4-7,18H2,1-3H3. The SMILES string of the molecule is CCOC(=O)CC1C(C#N)=C(N)OC2=C1C(=O)CC(C)(C)C2. The summed E-state index contributed by atoms with van der Waals surface area (Å²) in [6.07, 6.45) is 0.825. The van der Waals surface area contributed by atoms with Gasteiger partial charge in [0, 0.05) is 24.3 Å². The summed E-state index contributed by atoms with van der Waals surface area (Å²) in [6, 6.07) is 1.96. The van der Waals surface area contributed by atoms with Crippen LogP contribution in [-0.2, 0) is 19.1 Å². The summed E-state index contributed by atoms with van der Waals surface area (Å²) >= 11 is 0. The molecule has 0 aromatic rings. The summed E-state index contributed by atoms with van der Waals surface area (Å²) in [5, 5.41) is 9.30. The number of ether oxygens (including phenoxy) is 2. The molecule has 22 heavy (non-hydrogen) atoms. The van der Waals surface area contributed by atoms with Crippen molar-refractivity contribution in [3.63, 3.8) is 0 Å². The first-order valence-electron chi connectivity index (χ1n) is 7.28. The van der Waals surface area contributed by atoms with Gasteiger partial charge in [0.15, 0.2) is 5.78 Å². The van der Waals surface area contributed by atoms with E-state index < -0.39 is 11.9 Å². The number of nitriles is 1. The van der Waals surface area contributed by atoms with Crippen LogP contribution in [0.2, 0.25) is 0 Å². The minimum Gasteiger partial charge on any atom is -0.466 e. The Morgan fingerprint density at radius 2 is 2.18 bits per heavy atom. The van der Waals surface area contributed by atoms with E-state index in [1.807, 2.05) is 19.9 Å². The average Bonchev–Trinajstić information content (AvgIpc) is 2.36. The van der Waals surface area contributed by atoms with E-state index in [2.05, 4.69) is 0 Å². The molecule has 0 amide bonds. The summed E-state index contributed by atoms with van der Waals surface area (Å²) < 4.78 is 10.5. The summed E-state index contributed by atoms with van der Waals surface area (Å²) in [5.74, 6) is -0.773. The van der Waals surface area contributed by atoms with Crippen LogP contribution >= 0.6 is 0 Å². The lowest BCUT2D eigenvalue weighted by atomic mass is 9.71. The first-order valence-corrected chi connectivity index (χ1v) is 7.28. The fourth-order valence-corrected chi connectivity index (χ4v) is 2.98. The van der Waals surface area contributed by atoms with Gasteiger partial charge in [-0.25, -0.2) is 0 Å². The van der Waals surface area contributed by atoms with Crippen molar-refractivity contribution in [1.29, 1.82) is 5.26 Å². The minimum atomic E-state index is -0.670. The van der Waals surface area contributed by atoms with Crippen LogP contribution in [0.25, 0.3) is 0 Å². The zero-order valence-corrected chi connectivity index (χ0v) is 13.1. The highest BCUT2D eigenvalue weighted by Gasteiger charge is 2.43. The Hall–Kier alpha value is -2.29. The Morgan fingerprint density at radius 1 is 1.50 bits per heavy atom. The maximum absolute atomic E-state index is 12.5. The van der Waals surface area contributed by atoms with E-state index in [9.17, 15) is 14.9 Å². The molecule has 6 nitrogen and oxygen atoms in total. The lowest BCUT2D eigenvalue weighted by Gasteiger charge is -2.36. The van der Waals surface area contributed by atoms with Gasteiger partial charge in [-0.15, -0.1) is 0 Å². The van der Waals surface area contributed by atoms with E-state index in [-0.39, 0.29) is 35.7 Å². The molecular weight excluding hydrogens is 284 g/mol. The third kappa shape index (κ3) is 2.98. The Kier molecular flexibility index (Phi) is 4.27. The van der Waals surface area contributed by atoms with E-state index in [1.54, 1.807) is 6.92 Å². The van der Waals surface area contributed by atoms with Gasteiger partial charge >= 0.3 is 5.97 Å². The molecule has 1 heterocycles. The number of allylic oxidation sites excluding steroid dienone is 3. The smallest absolute Gasteiger partial charge is 0.306 e. The van der Waals surface area contributed by atoms with Gasteiger partial charge in [0.1, 0.15) is 11.8 Å². The molecule has 0 spiro atoms. The predicted octanol–water partition coefficient (Wildman–Crippen LogP) is 1.92. The zero-order chi connectivity index (χ0) is 16.5. The Balaban J connectivity index is 2.42. The fraction of sp³-hybridized carbons (Fsp3) is 0.562. The number of hydrogen-bond acceptors (Lipinski definition) is 6. The molecule has 1 atom stereocenters. The van der Waals surface area contributed by atoms with Crippen LogP contribution in [-0.4, -0.2) is 18.4 Å².